The summed E-state index contributed by atoms with van der Waals surface area (Å²) in [6.45, 7) is 4.27. The molecule has 0 fully saturated rings. The smallest absolute Gasteiger partial charge is 0.414 e. The van der Waals surface area contributed by atoms with E-state index in [2.05, 4.69) is 5.32 Å². The molecule has 0 radical (unpaired) electrons. The topological polar surface area (TPSA) is 90.9 Å². The van der Waals surface area contributed by atoms with E-state index < -0.39 is 29.2 Å². The van der Waals surface area contributed by atoms with Gasteiger partial charge in [0.25, 0.3) is 5.78 Å². The van der Waals surface area contributed by atoms with Gasteiger partial charge in [0.2, 0.25) is 17.2 Å². The number of carbonyl (C=O) groups excluding carboxylic acids is 3. The van der Waals surface area contributed by atoms with Crippen molar-refractivity contribution in [1.82, 2.24) is 5.32 Å². The normalized spacial score (nSPS) is 19.5. The van der Waals surface area contributed by atoms with Gasteiger partial charge >= 0.3 is 12.1 Å². The van der Waals surface area contributed by atoms with E-state index in [4.69, 9.17) is 37.4 Å². The number of ketones is 1. The Hall–Kier alpha value is -2.25. The van der Waals surface area contributed by atoms with Gasteiger partial charge in [-0.1, -0.05) is 29.3 Å². The fourth-order valence-corrected chi connectivity index (χ4v) is 2.84. The standard InChI is InChI=1S/C16H15Cl2NO6/c1-4-23-15(22)19-14-12(24-8(2)20)13(21)16(3,25-14)10-6-5-9(17)7-11(10)18/h5-7H,4H2,1-3H3,(H,19,22). The maximum Gasteiger partial charge on any atom is 0.414 e. The summed E-state index contributed by atoms with van der Waals surface area (Å²) < 4.78 is 15.3. The Balaban J connectivity index is 2.43. The van der Waals surface area contributed by atoms with E-state index in [1.165, 1.54) is 25.1 Å². The van der Waals surface area contributed by atoms with Crippen molar-refractivity contribution in [2.45, 2.75) is 26.4 Å². The number of Topliss-reactive ketones (excluding diaryl/α,β-unsaturated/α-hetero) is 1. The summed E-state index contributed by atoms with van der Waals surface area (Å²) in [6, 6.07) is 4.50. The van der Waals surface area contributed by atoms with E-state index in [0.717, 1.165) is 6.92 Å². The number of benzene rings is 1. The Bertz CT molecular complexity index is 776. The van der Waals surface area contributed by atoms with Gasteiger partial charge in [0.1, 0.15) is 0 Å². The molecule has 1 atom stereocenters. The minimum Gasteiger partial charge on any atom is -0.456 e. The highest BCUT2D eigenvalue weighted by Gasteiger charge is 2.51. The van der Waals surface area contributed by atoms with Crippen LogP contribution in [0.25, 0.3) is 0 Å². The van der Waals surface area contributed by atoms with Crippen LogP contribution in [-0.4, -0.2) is 24.5 Å². The molecule has 25 heavy (non-hydrogen) atoms. The molecule has 1 aliphatic rings. The molecule has 9 heteroatoms. The summed E-state index contributed by atoms with van der Waals surface area (Å²) in [5, 5.41) is 2.81. The Morgan fingerprint density at radius 1 is 1.32 bits per heavy atom. The Labute approximate surface area is 153 Å². The summed E-state index contributed by atoms with van der Waals surface area (Å²) in [4.78, 5) is 35.8. The van der Waals surface area contributed by atoms with Crippen LogP contribution >= 0.6 is 23.2 Å². The van der Waals surface area contributed by atoms with Crippen molar-refractivity contribution in [2.24, 2.45) is 0 Å². The number of nitrogens with one attached hydrogen (secondary N) is 1. The first-order valence-corrected chi connectivity index (χ1v) is 8.00. The quantitative estimate of drug-likeness (QED) is 0.797. The van der Waals surface area contributed by atoms with E-state index in [1.807, 2.05) is 0 Å². The Morgan fingerprint density at radius 3 is 2.56 bits per heavy atom. The molecule has 1 unspecified atom stereocenters. The number of rotatable bonds is 4. The number of amides is 1. The third-order valence-electron chi connectivity index (χ3n) is 3.33. The number of halogens is 2. The molecule has 0 aliphatic carbocycles. The molecular formula is C16H15Cl2NO6. The second-order valence-corrected chi connectivity index (χ2v) is 6.03. The maximum absolute atomic E-state index is 12.8. The van der Waals surface area contributed by atoms with Crippen LogP contribution in [0.4, 0.5) is 4.79 Å². The van der Waals surface area contributed by atoms with Crippen LogP contribution in [0.1, 0.15) is 26.3 Å². The predicted molar refractivity (Wildman–Crippen MR) is 88.9 cm³/mol. The van der Waals surface area contributed by atoms with E-state index >= 15 is 0 Å². The molecule has 1 aliphatic heterocycles. The summed E-state index contributed by atoms with van der Waals surface area (Å²) in [5.74, 6) is -2.19. The van der Waals surface area contributed by atoms with Crippen LogP contribution in [0.15, 0.2) is 29.8 Å². The zero-order valence-electron chi connectivity index (χ0n) is 13.6. The zero-order valence-corrected chi connectivity index (χ0v) is 15.2. The molecule has 1 aromatic carbocycles. The highest BCUT2D eigenvalue weighted by Crippen LogP contribution is 2.41. The molecule has 0 spiro atoms. The first-order valence-electron chi connectivity index (χ1n) is 7.24. The summed E-state index contributed by atoms with van der Waals surface area (Å²) >= 11 is 12.0. The van der Waals surface area contributed by atoms with Gasteiger partial charge in [-0.3, -0.25) is 14.9 Å². The molecular weight excluding hydrogens is 373 g/mol. The number of hydrogen-bond donors (Lipinski definition) is 1. The minimum absolute atomic E-state index is 0.107. The van der Waals surface area contributed by atoms with Gasteiger partial charge in [0.15, 0.2) is 0 Å². The number of carbonyl (C=O) groups is 3. The van der Waals surface area contributed by atoms with Crippen LogP contribution in [-0.2, 0) is 29.4 Å². The fraction of sp³-hybridized carbons (Fsp3) is 0.312. The van der Waals surface area contributed by atoms with Crippen molar-refractivity contribution in [3.63, 3.8) is 0 Å². The summed E-state index contributed by atoms with van der Waals surface area (Å²) in [6.07, 6.45) is -0.860. The molecule has 134 valence electrons. The van der Waals surface area contributed by atoms with Crippen LogP contribution in [0.2, 0.25) is 10.0 Å². The SMILES string of the molecule is CCOC(=O)NC1=C(OC(C)=O)C(=O)C(C)(c2ccc(Cl)cc2Cl)O1. The molecule has 2 rings (SSSR count). The Morgan fingerprint density at radius 2 is 2.00 bits per heavy atom. The summed E-state index contributed by atoms with van der Waals surface area (Å²) in [5.41, 5.74) is -1.31. The van der Waals surface area contributed by atoms with Crippen LogP contribution in [0, 0.1) is 0 Å². The van der Waals surface area contributed by atoms with Gasteiger partial charge in [-0.25, -0.2) is 4.79 Å². The lowest BCUT2D eigenvalue weighted by atomic mass is 9.91. The van der Waals surface area contributed by atoms with Crippen LogP contribution in [0.5, 0.6) is 0 Å². The highest BCUT2D eigenvalue weighted by atomic mass is 35.5. The second-order valence-electron chi connectivity index (χ2n) is 5.19. The van der Waals surface area contributed by atoms with Gasteiger partial charge in [-0.15, -0.1) is 0 Å². The van der Waals surface area contributed by atoms with E-state index in [1.54, 1.807) is 6.92 Å². The molecule has 0 bridgehead atoms. The lowest BCUT2D eigenvalue weighted by molar-refractivity contribution is -0.142. The third-order valence-corrected chi connectivity index (χ3v) is 3.88. The van der Waals surface area contributed by atoms with Gasteiger partial charge in [0, 0.05) is 22.5 Å². The van der Waals surface area contributed by atoms with Crippen molar-refractivity contribution in [1.29, 1.82) is 0 Å². The first-order chi connectivity index (χ1) is 11.7. The lowest BCUT2D eigenvalue weighted by Gasteiger charge is -2.24. The van der Waals surface area contributed by atoms with Gasteiger partial charge < -0.3 is 14.2 Å². The average molecular weight is 388 g/mol. The number of esters is 1. The summed E-state index contributed by atoms with van der Waals surface area (Å²) in [7, 11) is 0. The second kappa shape index (κ2) is 7.33. The molecule has 1 N–H and O–H groups in total. The minimum atomic E-state index is -1.61. The van der Waals surface area contributed by atoms with Crippen molar-refractivity contribution in [2.75, 3.05) is 6.61 Å². The van der Waals surface area contributed by atoms with Crippen molar-refractivity contribution in [3.8, 4) is 0 Å². The van der Waals surface area contributed by atoms with E-state index in [0.29, 0.717) is 10.6 Å². The molecule has 1 aromatic rings. The fourth-order valence-electron chi connectivity index (χ4n) is 2.25. The number of alkyl carbamates (subject to hydrolysis) is 1. The largest absolute Gasteiger partial charge is 0.456 e. The van der Waals surface area contributed by atoms with E-state index in [-0.39, 0.29) is 17.5 Å². The molecule has 1 heterocycles. The third kappa shape index (κ3) is 3.88. The molecule has 7 nitrogen and oxygen atoms in total. The van der Waals surface area contributed by atoms with Gasteiger partial charge in [0.05, 0.1) is 6.61 Å². The molecule has 0 saturated carbocycles. The lowest BCUT2D eigenvalue weighted by Crippen LogP contribution is -2.33. The van der Waals surface area contributed by atoms with Gasteiger partial charge in [-0.2, -0.15) is 0 Å². The zero-order chi connectivity index (χ0) is 18.8. The van der Waals surface area contributed by atoms with Crippen molar-refractivity contribution in [3.05, 3.63) is 45.5 Å². The van der Waals surface area contributed by atoms with Crippen LogP contribution < -0.4 is 5.32 Å². The van der Waals surface area contributed by atoms with E-state index in [9.17, 15) is 14.4 Å². The predicted octanol–water partition coefficient (Wildman–Crippen LogP) is 3.29. The first kappa shape index (κ1) is 19.1. The van der Waals surface area contributed by atoms with Crippen molar-refractivity contribution < 1.29 is 28.6 Å². The Kier molecular flexibility index (Phi) is 5.59. The van der Waals surface area contributed by atoms with Gasteiger partial charge in [-0.05, 0) is 26.0 Å². The average Bonchev–Trinajstić information content (AvgIpc) is 2.72. The maximum atomic E-state index is 12.8. The number of ether oxygens (including phenoxy) is 3. The number of hydrogen-bond acceptors (Lipinski definition) is 6. The molecule has 0 aromatic heterocycles. The highest BCUT2D eigenvalue weighted by molar-refractivity contribution is 6.35. The molecule has 0 saturated heterocycles. The monoisotopic (exact) mass is 387 g/mol. The molecule has 1 amide bonds. The van der Waals surface area contributed by atoms with Crippen molar-refractivity contribution >= 4 is 41.0 Å². The van der Waals surface area contributed by atoms with Crippen LogP contribution in [0.3, 0.4) is 0 Å².